The number of benzene rings is 1. The summed E-state index contributed by atoms with van der Waals surface area (Å²) in [5, 5.41) is 6.34. The Bertz CT molecular complexity index is 558. The summed E-state index contributed by atoms with van der Waals surface area (Å²) >= 11 is 0. The Morgan fingerprint density at radius 1 is 1.19 bits per heavy atom. The molecule has 1 aliphatic rings. The second-order valence-electron chi connectivity index (χ2n) is 6.19. The fourth-order valence-electron chi connectivity index (χ4n) is 2.14. The van der Waals surface area contributed by atoms with Crippen LogP contribution in [0, 0.1) is 5.92 Å². The third kappa shape index (κ3) is 8.94. The highest BCUT2D eigenvalue weighted by atomic mass is 19.4. The molecule has 1 aliphatic carbocycles. The van der Waals surface area contributed by atoms with Crippen LogP contribution in [-0.2, 0) is 11.3 Å². The first-order valence-corrected chi connectivity index (χ1v) is 8.84. The Hall–Kier alpha value is -1.96. The van der Waals surface area contributed by atoms with Gasteiger partial charge in [0.1, 0.15) is 5.75 Å². The summed E-state index contributed by atoms with van der Waals surface area (Å²) in [6.07, 6.45) is -1.78. The first-order valence-electron chi connectivity index (χ1n) is 8.84. The van der Waals surface area contributed by atoms with Gasteiger partial charge in [-0.1, -0.05) is 12.1 Å². The molecule has 8 heteroatoms. The zero-order chi connectivity index (χ0) is 18.8. The number of halogens is 3. The van der Waals surface area contributed by atoms with E-state index in [4.69, 9.17) is 4.74 Å². The van der Waals surface area contributed by atoms with E-state index in [9.17, 15) is 13.2 Å². The average Bonchev–Trinajstić information content (AvgIpc) is 3.42. The predicted molar refractivity (Wildman–Crippen MR) is 94.4 cm³/mol. The van der Waals surface area contributed by atoms with Gasteiger partial charge >= 0.3 is 6.18 Å². The molecule has 1 aromatic rings. The second kappa shape index (κ2) is 10.3. The number of guanidine groups is 1. The quantitative estimate of drug-likeness (QED) is 0.376. The maximum absolute atomic E-state index is 12.1. The highest BCUT2D eigenvalue weighted by Crippen LogP contribution is 2.28. The van der Waals surface area contributed by atoms with E-state index in [1.807, 2.05) is 6.92 Å². The number of hydrogen-bond acceptors (Lipinski definition) is 3. The molecule has 26 heavy (non-hydrogen) atoms. The number of hydrogen-bond donors (Lipinski definition) is 2. The Kier molecular flexibility index (Phi) is 8.03. The molecule has 0 radical (unpaired) electrons. The molecule has 0 atom stereocenters. The fraction of sp³-hybridized carbons (Fsp3) is 0.611. The largest absolute Gasteiger partial charge is 0.484 e. The molecule has 146 valence electrons. The smallest absolute Gasteiger partial charge is 0.422 e. The van der Waals surface area contributed by atoms with Crippen LogP contribution in [0.15, 0.2) is 29.3 Å². The van der Waals surface area contributed by atoms with E-state index in [0.29, 0.717) is 25.7 Å². The molecule has 0 saturated heterocycles. The van der Waals surface area contributed by atoms with Gasteiger partial charge < -0.3 is 20.1 Å². The van der Waals surface area contributed by atoms with E-state index in [1.54, 1.807) is 12.1 Å². The van der Waals surface area contributed by atoms with Crippen molar-refractivity contribution in [1.29, 1.82) is 0 Å². The number of nitrogens with zero attached hydrogens (tertiary/aromatic N) is 1. The van der Waals surface area contributed by atoms with Gasteiger partial charge in [-0.15, -0.1) is 0 Å². The maximum Gasteiger partial charge on any atom is 0.422 e. The third-order valence-electron chi connectivity index (χ3n) is 3.68. The van der Waals surface area contributed by atoms with Gasteiger partial charge in [-0.3, -0.25) is 0 Å². The SMILES string of the molecule is CCNC(=NCc1ccc(OCC(F)(F)F)cc1)NCCOCC1CC1. The van der Waals surface area contributed by atoms with Crippen LogP contribution in [0.5, 0.6) is 5.75 Å². The van der Waals surface area contributed by atoms with Crippen molar-refractivity contribution >= 4 is 5.96 Å². The van der Waals surface area contributed by atoms with Gasteiger partial charge in [0.05, 0.1) is 13.2 Å². The molecule has 0 unspecified atom stereocenters. The molecule has 0 aliphatic heterocycles. The molecule has 0 amide bonds. The lowest BCUT2D eigenvalue weighted by Gasteiger charge is -2.12. The van der Waals surface area contributed by atoms with E-state index in [-0.39, 0.29) is 5.75 Å². The molecule has 0 bridgehead atoms. The Morgan fingerprint density at radius 2 is 1.92 bits per heavy atom. The lowest BCUT2D eigenvalue weighted by atomic mass is 10.2. The summed E-state index contributed by atoms with van der Waals surface area (Å²) in [6, 6.07) is 6.44. The lowest BCUT2D eigenvalue weighted by molar-refractivity contribution is -0.153. The lowest BCUT2D eigenvalue weighted by Crippen LogP contribution is -2.39. The number of aliphatic imine (C=N–C) groups is 1. The summed E-state index contributed by atoms with van der Waals surface area (Å²) < 4.78 is 46.6. The van der Waals surface area contributed by atoms with Crippen LogP contribution in [0.2, 0.25) is 0 Å². The molecule has 2 rings (SSSR count). The topological polar surface area (TPSA) is 54.9 Å². The Morgan fingerprint density at radius 3 is 2.54 bits per heavy atom. The third-order valence-corrected chi connectivity index (χ3v) is 3.68. The van der Waals surface area contributed by atoms with Gasteiger partial charge in [-0.2, -0.15) is 13.2 Å². The molecule has 5 nitrogen and oxygen atoms in total. The highest BCUT2D eigenvalue weighted by Gasteiger charge is 2.28. The minimum Gasteiger partial charge on any atom is -0.484 e. The molecule has 0 heterocycles. The van der Waals surface area contributed by atoms with Crippen molar-refractivity contribution < 1.29 is 22.6 Å². The monoisotopic (exact) mass is 373 g/mol. The van der Waals surface area contributed by atoms with Crippen LogP contribution in [0.1, 0.15) is 25.3 Å². The molecule has 0 aromatic heterocycles. The van der Waals surface area contributed by atoms with Crippen molar-refractivity contribution in [1.82, 2.24) is 10.6 Å². The minimum absolute atomic E-state index is 0.188. The van der Waals surface area contributed by atoms with Gasteiger partial charge in [-0.25, -0.2) is 4.99 Å². The molecular formula is C18H26F3N3O2. The zero-order valence-corrected chi connectivity index (χ0v) is 14.9. The molecule has 1 fully saturated rings. The molecular weight excluding hydrogens is 347 g/mol. The van der Waals surface area contributed by atoms with E-state index in [2.05, 4.69) is 20.4 Å². The first-order chi connectivity index (χ1) is 12.5. The summed E-state index contributed by atoms with van der Waals surface area (Å²) in [7, 11) is 0. The van der Waals surface area contributed by atoms with Gasteiger partial charge in [0.15, 0.2) is 12.6 Å². The fourth-order valence-corrected chi connectivity index (χ4v) is 2.14. The van der Waals surface area contributed by atoms with Crippen LogP contribution in [0.25, 0.3) is 0 Å². The number of nitrogens with one attached hydrogen (secondary N) is 2. The summed E-state index contributed by atoms with van der Waals surface area (Å²) in [6.45, 7) is 3.97. The van der Waals surface area contributed by atoms with E-state index in [0.717, 1.165) is 24.6 Å². The second-order valence-corrected chi connectivity index (χ2v) is 6.19. The summed E-state index contributed by atoms with van der Waals surface area (Å²) in [5.41, 5.74) is 0.881. The van der Waals surface area contributed by atoms with Crippen molar-refractivity contribution in [2.24, 2.45) is 10.9 Å². The van der Waals surface area contributed by atoms with Gasteiger partial charge in [0.2, 0.25) is 0 Å². The van der Waals surface area contributed by atoms with Crippen molar-refractivity contribution in [2.75, 3.05) is 32.9 Å². The van der Waals surface area contributed by atoms with E-state index in [1.165, 1.54) is 25.0 Å². The van der Waals surface area contributed by atoms with Crippen LogP contribution in [0.4, 0.5) is 13.2 Å². The molecule has 1 aromatic carbocycles. The average molecular weight is 373 g/mol. The van der Waals surface area contributed by atoms with Crippen molar-refractivity contribution in [3.8, 4) is 5.75 Å². The Balaban J connectivity index is 1.73. The minimum atomic E-state index is -4.34. The van der Waals surface area contributed by atoms with Gasteiger partial charge in [0, 0.05) is 19.7 Å². The van der Waals surface area contributed by atoms with Crippen LogP contribution >= 0.6 is 0 Å². The van der Waals surface area contributed by atoms with Crippen molar-refractivity contribution in [2.45, 2.75) is 32.5 Å². The molecule has 0 spiro atoms. The number of ether oxygens (including phenoxy) is 2. The van der Waals surface area contributed by atoms with Crippen LogP contribution in [0.3, 0.4) is 0 Å². The first kappa shape index (κ1) is 20.4. The number of rotatable bonds is 10. The van der Waals surface area contributed by atoms with Crippen molar-refractivity contribution in [3.63, 3.8) is 0 Å². The standard InChI is InChI=1S/C18H26F3N3O2/c1-2-22-17(23-9-10-25-12-15-3-4-15)24-11-14-5-7-16(8-6-14)26-13-18(19,20)21/h5-8,15H,2-4,9-13H2,1H3,(H2,22,23,24). The van der Waals surface area contributed by atoms with E-state index < -0.39 is 12.8 Å². The highest BCUT2D eigenvalue weighted by molar-refractivity contribution is 5.79. The van der Waals surface area contributed by atoms with Crippen LogP contribution < -0.4 is 15.4 Å². The number of alkyl halides is 3. The van der Waals surface area contributed by atoms with Crippen LogP contribution in [-0.4, -0.2) is 45.0 Å². The normalized spacial score (nSPS) is 15.0. The zero-order valence-electron chi connectivity index (χ0n) is 14.9. The maximum atomic E-state index is 12.1. The Labute approximate surface area is 152 Å². The summed E-state index contributed by atoms with van der Waals surface area (Å²) in [4.78, 5) is 4.46. The van der Waals surface area contributed by atoms with Crippen molar-refractivity contribution in [3.05, 3.63) is 29.8 Å². The molecule has 2 N–H and O–H groups in total. The van der Waals surface area contributed by atoms with Gasteiger partial charge in [-0.05, 0) is 43.4 Å². The van der Waals surface area contributed by atoms with E-state index >= 15 is 0 Å². The van der Waals surface area contributed by atoms with Gasteiger partial charge in [0.25, 0.3) is 0 Å². The summed E-state index contributed by atoms with van der Waals surface area (Å²) in [5.74, 6) is 1.62. The molecule has 1 saturated carbocycles. The predicted octanol–water partition coefficient (Wildman–Crippen LogP) is 3.11.